The Balaban J connectivity index is 1.81. The molecule has 0 spiro atoms. The van der Waals surface area contributed by atoms with Gasteiger partial charge in [-0.25, -0.2) is 0 Å². The highest BCUT2D eigenvalue weighted by atomic mass is 79.9. The van der Waals surface area contributed by atoms with Crippen LogP contribution in [0.2, 0.25) is 0 Å². The molecule has 5 aromatic rings. The van der Waals surface area contributed by atoms with Crippen LogP contribution in [0.15, 0.2) is 144 Å². The van der Waals surface area contributed by atoms with Gasteiger partial charge in [0.1, 0.15) is 4.32 Å². The Bertz CT molecular complexity index is 1670. The van der Waals surface area contributed by atoms with E-state index in [0.717, 1.165) is 50.2 Å². The number of hydrogen-bond donors (Lipinski definition) is 0. The van der Waals surface area contributed by atoms with Gasteiger partial charge >= 0.3 is 0 Å². The highest BCUT2D eigenvalue weighted by Crippen LogP contribution is 2.65. The highest BCUT2D eigenvalue weighted by molar-refractivity contribution is 9.11. The Morgan fingerprint density at radius 2 is 0.561 bits per heavy atom. The minimum absolute atomic E-state index is 0.653. The van der Waals surface area contributed by atoms with Crippen LogP contribution in [0.5, 0.6) is 0 Å². The van der Waals surface area contributed by atoms with Crippen LogP contribution in [-0.4, -0.2) is 0 Å². The van der Waals surface area contributed by atoms with E-state index in [0.29, 0.717) is 0 Å². The van der Waals surface area contributed by atoms with Crippen molar-refractivity contribution in [3.05, 3.63) is 172 Å². The predicted molar refractivity (Wildman–Crippen MR) is 195 cm³/mol. The zero-order valence-electron chi connectivity index (χ0n) is 21.3. The summed E-state index contributed by atoms with van der Waals surface area (Å²) in [4.78, 5) is 0. The van der Waals surface area contributed by atoms with Crippen LogP contribution in [0.4, 0.5) is 0 Å². The summed E-state index contributed by atoms with van der Waals surface area (Å²) in [7, 11) is 0. The molecule has 0 saturated heterocycles. The lowest BCUT2D eigenvalue weighted by Gasteiger charge is -2.32. The van der Waals surface area contributed by atoms with Gasteiger partial charge in [-0.1, -0.05) is 156 Å². The molecule has 0 unspecified atom stereocenters. The van der Waals surface area contributed by atoms with Crippen LogP contribution in [0, 0.1) is 0 Å². The molecule has 41 heavy (non-hydrogen) atoms. The summed E-state index contributed by atoms with van der Waals surface area (Å²) in [5.74, 6) is 0. The summed E-state index contributed by atoms with van der Waals surface area (Å²) >= 11 is 22.7. The van der Waals surface area contributed by atoms with Gasteiger partial charge in [-0.15, -0.1) is 0 Å². The maximum atomic E-state index is 4.45. The number of rotatable bonds is 5. The minimum atomic E-state index is -0.653. The van der Waals surface area contributed by atoms with E-state index >= 15 is 0 Å². The molecule has 0 bridgehead atoms. The lowest BCUT2D eigenvalue weighted by atomic mass is 9.81. The van der Waals surface area contributed by atoms with Crippen LogP contribution in [-0.2, 0) is 4.32 Å². The molecule has 0 atom stereocenters. The van der Waals surface area contributed by atoms with Crippen LogP contribution < -0.4 is 0 Å². The van der Waals surface area contributed by atoms with Gasteiger partial charge in [0.15, 0.2) is 0 Å². The molecule has 0 saturated carbocycles. The van der Waals surface area contributed by atoms with Gasteiger partial charge < -0.3 is 0 Å². The van der Waals surface area contributed by atoms with E-state index < -0.39 is 4.32 Å². The van der Waals surface area contributed by atoms with Crippen LogP contribution >= 0.6 is 95.6 Å². The van der Waals surface area contributed by atoms with Gasteiger partial charge in [-0.05, 0) is 111 Å². The zero-order valence-corrected chi connectivity index (χ0v) is 30.8. The molecule has 202 valence electrons. The fraction of sp³-hybridized carbons (Fsp3) is 0.0286. The van der Waals surface area contributed by atoms with Crippen LogP contribution in [0.1, 0.15) is 27.8 Å². The summed E-state index contributed by atoms with van der Waals surface area (Å²) in [6.45, 7) is 0. The molecule has 0 radical (unpaired) electrons. The first kappa shape index (κ1) is 29.5. The Hall–Kier alpha value is -1.54. The molecule has 0 heterocycles. The third-order valence-electron chi connectivity index (χ3n) is 7.21. The topological polar surface area (TPSA) is 0 Å². The van der Waals surface area contributed by atoms with E-state index in [-0.39, 0.29) is 0 Å². The summed E-state index contributed by atoms with van der Waals surface area (Å²) < 4.78 is 4.57. The van der Waals surface area contributed by atoms with Gasteiger partial charge in [-0.2, -0.15) is 0 Å². The zero-order chi connectivity index (χ0) is 28.7. The molecule has 6 rings (SSSR count). The minimum Gasteiger partial charge on any atom is -0.0695 e. The van der Waals surface area contributed by atoms with E-state index in [4.69, 9.17) is 0 Å². The number of halogens is 6. The maximum absolute atomic E-state index is 4.45. The van der Waals surface area contributed by atoms with Crippen molar-refractivity contribution < 1.29 is 0 Å². The Kier molecular flexibility index (Phi) is 8.80. The van der Waals surface area contributed by atoms with Crippen LogP contribution in [0.3, 0.4) is 0 Å². The van der Waals surface area contributed by atoms with E-state index in [1.165, 1.54) is 22.3 Å². The van der Waals surface area contributed by atoms with Crippen molar-refractivity contribution in [3.8, 4) is 0 Å². The van der Waals surface area contributed by atoms with Gasteiger partial charge in [0.2, 0.25) is 0 Å². The molecule has 6 heteroatoms. The average molecular weight is 920 g/mol. The summed E-state index contributed by atoms with van der Waals surface area (Å²) in [5.41, 5.74) is 10.5. The van der Waals surface area contributed by atoms with E-state index in [1.807, 2.05) is 0 Å². The molecule has 0 fully saturated rings. The molecular weight excluding hydrogens is 900 g/mol. The average Bonchev–Trinajstić information content (AvgIpc) is 3.25. The fourth-order valence-electron chi connectivity index (χ4n) is 5.42. The third-order valence-corrected chi connectivity index (χ3v) is 11.1. The van der Waals surface area contributed by atoms with Gasteiger partial charge in [-0.3, -0.25) is 0 Å². The smallest absolute Gasteiger partial charge is 0.0695 e. The number of allylic oxidation sites excluding steroid dienone is 4. The second-order valence-electron chi connectivity index (χ2n) is 9.69. The van der Waals surface area contributed by atoms with E-state index in [2.05, 4.69) is 217 Å². The SMILES string of the molecule is Brc1ccc(C2=C(c3ccc(Br)cc3)C(Br)(c3ccc(Br)cc3)C(c3ccc(Br)cc3)=C2c2ccc(Br)cc2)cc1. The Labute approximate surface area is 290 Å². The van der Waals surface area contributed by atoms with Crippen molar-refractivity contribution in [2.75, 3.05) is 0 Å². The lowest BCUT2D eigenvalue weighted by Crippen LogP contribution is -2.20. The van der Waals surface area contributed by atoms with Crippen molar-refractivity contribution in [2.24, 2.45) is 0 Å². The number of benzene rings is 5. The number of alkyl halides is 1. The normalized spacial score (nSPS) is 14.6. The first-order chi connectivity index (χ1) is 19.8. The van der Waals surface area contributed by atoms with Crippen molar-refractivity contribution in [1.82, 2.24) is 0 Å². The quantitative estimate of drug-likeness (QED) is 0.154. The first-order valence-electron chi connectivity index (χ1n) is 12.7. The predicted octanol–water partition coefficient (Wildman–Crippen LogP) is 13.3. The Morgan fingerprint density at radius 3 is 0.854 bits per heavy atom. The van der Waals surface area contributed by atoms with Gasteiger partial charge in [0.05, 0.1) is 0 Å². The third kappa shape index (κ3) is 5.73. The summed E-state index contributed by atoms with van der Waals surface area (Å²) in [6, 6.07) is 43.2. The number of hydrogen-bond acceptors (Lipinski definition) is 0. The van der Waals surface area contributed by atoms with Gasteiger partial charge in [0, 0.05) is 22.4 Å². The molecule has 0 aromatic heterocycles. The molecule has 5 aromatic carbocycles. The monoisotopic (exact) mass is 914 g/mol. The van der Waals surface area contributed by atoms with Crippen molar-refractivity contribution in [3.63, 3.8) is 0 Å². The first-order valence-corrected chi connectivity index (χ1v) is 17.5. The molecule has 0 nitrogen and oxygen atoms in total. The van der Waals surface area contributed by atoms with Crippen molar-refractivity contribution >= 4 is 118 Å². The molecule has 1 aliphatic carbocycles. The molecule has 0 aliphatic heterocycles. The molecule has 1 aliphatic rings. The Morgan fingerprint density at radius 1 is 0.317 bits per heavy atom. The molecular formula is C35H20Br6. The van der Waals surface area contributed by atoms with Crippen molar-refractivity contribution in [2.45, 2.75) is 4.32 Å². The van der Waals surface area contributed by atoms with Crippen LogP contribution in [0.25, 0.3) is 22.3 Å². The van der Waals surface area contributed by atoms with E-state index in [1.54, 1.807) is 0 Å². The highest BCUT2D eigenvalue weighted by Gasteiger charge is 2.48. The summed E-state index contributed by atoms with van der Waals surface area (Å²) in [5, 5.41) is 0. The van der Waals surface area contributed by atoms with E-state index in [9.17, 15) is 0 Å². The van der Waals surface area contributed by atoms with Crippen molar-refractivity contribution in [1.29, 1.82) is 0 Å². The molecule has 0 N–H and O–H groups in total. The molecule has 0 amide bonds. The fourth-order valence-corrected chi connectivity index (χ4v) is 7.86. The second kappa shape index (κ2) is 12.2. The largest absolute Gasteiger partial charge is 0.103 e. The summed E-state index contributed by atoms with van der Waals surface area (Å²) in [6.07, 6.45) is 0. The second-order valence-corrected chi connectivity index (χ2v) is 15.5. The van der Waals surface area contributed by atoms with Gasteiger partial charge in [0.25, 0.3) is 0 Å². The standard InChI is InChI=1S/C35H20Br6/c36-26-11-1-21(2-12-26)31-32(22-3-13-27(37)14-4-22)34(24-7-17-29(39)18-8-24)35(41,25-9-19-30(40)20-10-25)33(31)23-5-15-28(38)16-6-23/h1-20H. The lowest BCUT2D eigenvalue weighted by molar-refractivity contribution is 1.07. The maximum Gasteiger partial charge on any atom is 0.103 e.